The van der Waals surface area contributed by atoms with Crippen LogP contribution in [0.3, 0.4) is 0 Å². The molecule has 0 spiro atoms. The monoisotopic (exact) mass is 180 g/mol. The van der Waals surface area contributed by atoms with Gasteiger partial charge in [-0.3, -0.25) is 0 Å². The SMILES string of the molecule is CC(C)C1CCC(NCCC#N)C1. The molecule has 2 nitrogen and oxygen atoms in total. The maximum atomic E-state index is 8.39. The second-order valence-electron chi connectivity index (χ2n) is 4.38. The molecule has 1 rings (SSSR count). The number of hydrogen-bond donors (Lipinski definition) is 1. The lowest BCUT2D eigenvalue weighted by Crippen LogP contribution is -2.27. The van der Waals surface area contributed by atoms with E-state index in [-0.39, 0.29) is 0 Å². The minimum absolute atomic E-state index is 0.642. The van der Waals surface area contributed by atoms with E-state index in [9.17, 15) is 0 Å². The second kappa shape index (κ2) is 5.24. The summed E-state index contributed by atoms with van der Waals surface area (Å²) in [6.07, 6.45) is 4.61. The average molecular weight is 180 g/mol. The van der Waals surface area contributed by atoms with Gasteiger partial charge >= 0.3 is 0 Å². The van der Waals surface area contributed by atoms with Crippen molar-refractivity contribution in [2.24, 2.45) is 11.8 Å². The molecule has 0 heterocycles. The van der Waals surface area contributed by atoms with Crippen molar-refractivity contribution in [2.75, 3.05) is 6.54 Å². The van der Waals surface area contributed by atoms with Crippen LogP contribution in [-0.4, -0.2) is 12.6 Å². The Morgan fingerprint density at radius 2 is 2.23 bits per heavy atom. The van der Waals surface area contributed by atoms with Crippen LogP contribution in [-0.2, 0) is 0 Å². The third kappa shape index (κ3) is 3.36. The van der Waals surface area contributed by atoms with Crippen molar-refractivity contribution in [2.45, 2.75) is 45.6 Å². The van der Waals surface area contributed by atoms with Gasteiger partial charge in [-0.25, -0.2) is 0 Å². The van der Waals surface area contributed by atoms with Crippen LogP contribution in [0.15, 0.2) is 0 Å². The van der Waals surface area contributed by atoms with Gasteiger partial charge in [0.1, 0.15) is 0 Å². The maximum Gasteiger partial charge on any atom is 0.0635 e. The minimum Gasteiger partial charge on any atom is -0.313 e. The Labute approximate surface area is 81.3 Å². The predicted molar refractivity (Wildman–Crippen MR) is 54.2 cm³/mol. The Morgan fingerprint density at radius 3 is 2.77 bits per heavy atom. The molecule has 2 atom stereocenters. The molecule has 74 valence electrons. The summed E-state index contributed by atoms with van der Waals surface area (Å²) < 4.78 is 0. The molecule has 0 radical (unpaired) electrons. The Balaban J connectivity index is 2.15. The standard InChI is InChI=1S/C11H20N2/c1-9(2)10-4-5-11(8-10)13-7-3-6-12/h9-11,13H,3-5,7-8H2,1-2H3. The quantitative estimate of drug-likeness (QED) is 0.674. The molecule has 2 unspecified atom stereocenters. The van der Waals surface area contributed by atoms with Crippen molar-refractivity contribution < 1.29 is 0 Å². The third-order valence-electron chi connectivity index (χ3n) is 3.09. The van der Waals surface area contributed by atoms with Crippen LogP contribution in [0.5, 0.6) is 0 Å². The summed E-state index contributed by atoms with van der Waals surface area (Å²) in [6.45, 7) is 5.48. The van der Waals surface area contributed by atoms with E-state index in [2.05, 4.69) is 25.2 Å². The summed E-state index contributed by atoms with van der Waals surface area (Å²) in [5.41, 5.74) is 0. The molecule has 2 heteroatoms. The summed E-state index contributed by atoms with van der Waals surface area (Å²) in [5, 5.41) is 11.8. The first-order chi connectivity index (χ1) is 6.24. The van der Waals surface area contributed by atoms with E-state index in [0.29, 0.717) is 12.5 Å². The molecule has 0 amide bonds. The smallest absolute Gasteiger partial charge is 0.0635 e. The minimum atomic E-state index is 0.642. The molecule has 0 saturated heterocycles. The lowest BCUT2D eigenvalue weighted by molar-refractivity contribution is 0.382. The van der Waals surface area contributed by atoms with Gasteiger partial charge in [0.05, 0.1) is 6.07 Å². The topological polar surface area (TPSA) is 35.8 Å². The molecule has 0 aliphatic heterocycles. The fraction of sp³-hybridized carbons (Fsp3) is 0.909. The highest BCUT2D eigenvalue weighted by molar-refractivity contribution is 4.83. The maximum absolute atomic E-state index is 8.39. The van der Waals surface area contributed by atoms with E-state index in [1.165, 1.54) is 19.3 Å². The van der Waals surface area contributed by atoms with Gasteiger partial charge < -0.3 is 5.32 Å². The fourth-order valence-electron chi connectivity index (χ4n) is 2.14. The van der Waals surface area contributed by atoms with Crippen molar-refractivity contribution in [3.63, 3.8) is 0 Å². The summed E-state index contributed by atoms with van der Waals surface area (Å²) in [5.74, 6) is 1.72. The number of nitriles is 1. The summed E-state index contributed by atoms with van der Waals surface area (Å²) in [4.78, 5) is 0. The first-order valence-corrected chi connectivity index (χ1v) is 5.34. The predicted octanol–water partition coefficient (Wildman–Crippen LogP) is 2.31. The molecular formula is C11H20N2. The van der Waals surface area contributed by atoms with Crippen molar-refractivity contribution in [3.05, 3.63) is 0 Å². The molecule has 1 N–H and O–H groups in total. The number of nitrogens with zero attached hydrogens (tertiary/aromatic N) is 1. The fourth-order valence-corrected chi connectivity index (χ4v) is 2.14. The lowest BCUT2D eigenvalue weighted by Gasteiger charge is -2.15. The van der Waals surface area contributed by atoms with Crippen LogP contribution < -0.4 is 5.32 Å². The van der Waals surface area contributed by atoms with Crippen LogP contribution in [0.1, 0.15) is 39.5 Å². The molecular weight excluding hydrogens is 160 g/mol. The van der Waals surface area contributed by atoms with E-state index in [4.69, 9.17) is 5.26 Å². The van der Waals surface area contributed by atoms with Crippen LogP contribution in [0.25, 0.3) is 0 Å². The van der Waals surface area contributed by atoms with Gasteiger partial charge in [0, 0.05) is 19.0 Å². The van der Waals surface area contributed by atoms with Crippen molar-refractivity contribution in [1.82, 2.24) is 5.32 Å². The molecule has 0 aromatic rings. The normalized spacial score (nSPS) is 27.8. The summed E-state index contributed by atoms with van der Waals surface area (Å²) >= 11 is 0. The highest BCUT2D eigenvalue weighted by Crippen LogP contribution is 2.31. The molecule has 1 fully saturated rings. The van der Waals surface area contributed by atoms with Crippen molar-refractivity contribution >= 4 is 0 Å². The molecule has 0 aromatic carbocycles. The van der Waals surface area contributed by atoms with Gasteiger partial charge in [0.2, 0.25) is 0 Å². The van der Waals surface area contributed by atoms with E-state index < -0.39 is 0 Å². The van der Waals surface area contributed by atoms with Crippen LogP contribution in [0.2, 0.25) is 0 Å². The largest absolute Gasteiger partial charge is 0.313 e. The Hall–Kier alpha value is -0.550. The lowest BCUT2D eigenvalue weighted by atomic mass is 9.94. The van der Waals surface area contributed by atoms with Crippen LogP contribution in [0.4, 0.5) is 0 Å². The van der Waals surface area contributed by atoms with E-state index in [1.807, 2.05) is 0 Å². The molecule has 1 saturated carbocycles. The summed E-state index contributed by atoms with van der Waals surface area (Å²) in [6, 6.07) is 2.84. The van der Waals surface area contributed by atoms with E-state index in [0.717, 1.165) is 18.4 Å². The summed E-state index contributed by atoms with van der Waals surface area (Å²) in [7, 11) is 0. The zero-order valence-corrected chi connectivity index (χ0v) is 8.71. The number of hydrogen-bond acceptors (Lipinski definition) is 2. The van der Waals surface area contributed by atoms with Gasteiger partial charge in [-0.15, -0.1) is 0 Å². The molecule has 1 aliphatic rings. The first kappa shape index (κ1) is 10.5. The average Bonchev–Trinajstić information content (AvgIpc) is 2.53. The highest BCUT2D eigenvalue weighted by Gasteiger charge is 2.25. The van der Waals surface area contributed by atoms with Gasteiger partial charge in [-0.1, -0.05) is 13.8 Å². The third-order valence-corrected chi connectivity index (χ3v) is 3.09. The van der Waals surface area contributed by atoms with Gasteiger partial charge in [-0.05, 0) is 31.1 Å². The zero-order valence-electron chi connectivity index (χ0n) is 8.71. The Morgan fingerprint density at radius 1 is 1.46 bits per heavy atom. The molecule has 1 aliphatic carbocycles. The van der Waals surface area contributed by atoms with Crippen molar-refractivity contribution in [1.29, 1.82) is 5.26 Å². The molecule has 13 heavy (non-hydrogen) atoms. The molecule has 0 bridgehead atoms. The number of nitrogens with one attached hydrogen (secondary N) is 1. The zero-order chi connectivity index (χ0) is 9.68. The van der Waals surface area contributed by atoms with Crippen LogP contribution in [0, 0.1) is 23.2 Å². The van der Waals surface area contributed by atoms with Gasteiger partial charge in [0.25, 0.3) is 0 Å². The van der Waals surface area contributed by atoms with E-state index in [1.54, 1.807) is 0 Å². The highest BCUT2D eigenvalue weighted by atomic mass is 14.9. The van der Waals surface area contributed by atoms with Crippen molar-refractivity contribution in [3.8, 4) is 6.07 Å². The van der Waals surface area contributed by atoms with E-state index >= 15 is 0 Å². The molecule has 0 aromatic heterocycles. The van der Waals surface area contributed by atoms with Gasteiger partial charge in [0.15, 0.2) is 0 Å². The Kier molecular flexibility index (Phi) is 4.24. The Bertz CT molecular complexity index is 181. The van der Waals surface area contributed by atoms with Gasteiger partial charge in [-0.2, -0.15) is 5.26 Å². The van der Waals surface area contributed by atoms with Crippen LogP contribution >= 0.6 is 0 Å². The number of rotatable bonds is 4. The first-order valence-electron chi connectivity index (χ1n) is 5.34. The second-order valence-corrected chi connectivity index (χ2v) is 4.38.